The fourth-order valence-corrected chi connectivity index (χ4v) is 3.07. The van der Waals surface area contributed by atoms with Crippen LogP contribution in [0, 0.1) is 12.7 Å². The van der Waals surface area contributed by atoms with Crippen LogP contribution >= 0.6 is 0 Å². The molecule has 0 aliphatic carbocycles. The van der Waals surface area contributed by atoms with Crippen molar-refractivity contribution in [1.29, 1.82) is 0 Å². The van der Waals surface area contributed by atoms with Gasteiger partial charge in [0.25, 0.3) is 0 Å². The molecule has 2 atom stereocenters. The van der Waals surface area contributed by atoms with Crippen molar-refractivity contribution in [1.82, 2.24) is 5.32 Å². The number of hydrogen-bond acceptors (Lipinski definition) is 3. The maximum absolute atomic E-state index is 14.1. The Morgan fingerprint density at radius 3 is 2.52 bits per heavy atom. The van der Waals surface area contributed by atoms with Crippen molar-refractivity contribution >= 4 is 11.6 Å². The van der Waals surface area contributed by atoms with Gasteiger partial charge in [0.15, 0.2) is 5.96 Å². The third-order valence-electron chi connectivity index (χ3n) is 4.29. The molecule has 3 rings (SSSR count). The zero-order valence-electron chi connectivity index (χ0n) is 13.8. The number of rotatable bonds is 3. The summed E-state index contributed by atoms with van der Waals surface area (Å²) in [5.74, 6) is 0.609. The van der Waals surface area contributed by atoms with Gasteiger partial charge in [-0.05, 0) is 38.5 Å². The van der Waals surface area contributed by atoms with Crippen molar-refractivity contribution in [2.24, 2.45) is 4.99 Å². The maximum atomic E-state index is 14.1. The summed E-state index contributed by atoms with van der Waals surface area (Å²) in [6.45, 7) is 7.02. The predicted molar refractivity (Wildman–Crippen MR) is 93.4 cm³/mol. The highest BCUT2D eigenvalue weighted by Gasteiger charge is 2.31. The molecule has 0 spiro atoms. The van der Waals surface area contributed by atoms with Crippen molar-refractivity contribution < 1.29 is 4.39 Å². The third-order valence-corrected chi connectivity index (χ3v) is 4.29. The van der Waals surface area contributed by atoms with E-state index in [1.165, 1.54) is 11.6 Å². The van der Waals surface area contributed by atoms with Gasteiger partial charge in [0.1, 0.15) is 11.9 Å². The molecule has 3 nitrogen and oxygen atoms in total. The van der Waals surface area contributed by atoms with Gasteiger partial charge in [0.2, 0.25) is 0 Å². The van der Waals surface area contributed by atoms with Crippen LogP contribution in [0.5, 0.6) is 0 Å². The standard InChI is InChI=1S/C19H22FN3/c1-4-23(17-12-8-5-9-13(17)2)19-21-14(3)18(22-19)15-10-6-7-11-16(15)20/h5-12,14,18H,4H2,1-3H3,(H,21,22). The number of guanidine groups is 1. The second-order valence-electron chi connectivity index (χ2n) is 5.88. The van der Waals surface area contributed by atoms with Gasteiger partial charge in [-0.3, -0.25) is 0 Å². The van der Waals surface area contributed by atoms with Crippen molar-refractivity contribution in [3.63, 3.8) is 0 Å². The van der Waals surface area contributed by atoms with Gasteiger partial charge in [-0.25, -0.2) is 9.38 Å². The highest BCUT2D eigenvalue weighted by molar-refractivity contribution is 5.98. The molecular weight excluding hydrogens is 289 g/mol. The van der Waals surface area contributed by atoms with Gasteiger partial charge in [-0.2, -0.15) is 0 Å². The second-order valence-corrected chi connectivity index (χ2v) is 5.88. The molecule has 2 aromatic carbocycles. The Bertz CT molecular complexity index is 726. The van der Waals surface area contributed by atoms with E-state index in [1.807, 2.05) is 31.2 Å². The zero-order valence-corrected chi connectivity index (χ0v) is 13.8. The number of benzene rings is 2. The Hall–Kier alpha value is -2.36. The van der Waals surface area contributed by atoms with Crippen LogP contribution < -0.4 is 10.2 Å². The summed E-state index contributed by atoms with van der Waals surface area (Å²) in [5, 5.41) is 3.42. The number of nitrogens with one attached hydrogen (secondary N) is 1. The quantitative estimate of drug-likeness (QED) is 0.926. The van der Waals surface area contributed by atoms with E-state index >= 15 is 0 Å². The van der Waals surface area contributed by atoms with E-state index in [1.54, 1.807) is 6.07 Å². The highest BCUT2D eigenvalue weighted by atomic mass is 19.1. The fraction of sp³-hybridized carbons (Fsp3) is 0.316. The summed E-state index contributed by atoms with van der Waals surface area (Å²) < 4.78 is 14.1. The van der Waals surface area contributed by atoms with Crippen molar-refractivity contribution in [3.05, 3.63) is 65.5 Å². The highest BCUT2D eigenvalue weighted by Crippen LogP contribution is 2.30. The van der Waals surface area contributed by atoms with E-state index < -0.39 is 0 Å². The van der Waals surface area contributed by atoms with Crippen LogP contribution in [0.1, 0.15) is 31.0 Å². The van der Waals surface area contributed by atoms with Crippen LogP contribution in [-0.2, 0) is 0 Å². The minimum atomic E-state index is -0.204. The normalized spacial score (nSPS) is 20.1. The van der Waals surface area contributed by atoms with Crippen LogP contribution in [0.15, 0.2) is 53.5 Å². The molecule has 0 fully saturated rings. The number of aliphatic imine (C=N–C) groups is 1. The molecule has 0 saturated heterocycles. The number of para-hydroxylation sites is 1. The summed E-state index contributed by atoms with van der Waals surface area (Å²) >= 11 is 0. The minimum absolute atomic E-state index is 0.0555. The van der Waals surface area contributed by atoms with E-state index in [9.17, 15) is 4.39 Å². The molecule has 120 valence electrons. The zero-order chi connectivity index (χ0) is 16.4. The number of anilines is 1. The van der Waals surface area contributed by atoms with Gasteiger partial charge in [-0.1, -0.05) is 36.4 Å². The maximum Gasteiger partial charge on any atom is 0.199 e. The lowest BCUT2D eigenvalue weighted by Crippen LogP contribution is -2.41. The first kappa shape index (κ1) is 15.5. The van der Waals surface area contributed by atoms with E-state index in [0.717, 1.165) is 18.2 Å². The molecule has 4 heteroatoms. The largest absolute Gasteiger partial charge is 0.351 e. The molecule has 0 saturated carbocycles. The van der Waals surface area contributed by atoms with Gasteiger partial charge < -0.3 is 10.2 Å². The second kappa shape index (κ2) is 6.41. The summed E-state index contributed by atoms with van der Waals surface area (Å²) in [5.41, 5.74) is 2.96. The van der Waals surface area contributed by atoms with E-state index in [4.69, 9.17) is 4.99 Å². The Morgan fingerprint density at radius 1 is 1.13 bits per heavy atom. The summed E-state index contributed by atoms with van der Waals surface area (Å²) in [4.78, 5) is 6.93. The third kappa shape index (κ3) is 2.93. The van der Waals surface area contributed by atoms with Gasteiger partial charge >= 0.3 is 0 Å². The van der Waals surface area contributed by atoms with Crippen molar-refractivity contribution in [2.75, 3.05) is 11.4 Å². The summed E-state index contributed by atoms with van der Waals surface area (Å²) in [6, 6.07) is 15.0. The Morgan fingerprint density at radius 2 is 1.83 bits per heavy atom. The summed E-state index contributed by atoms with van der Waals surface area (Å²) in [7, 11) is 0. The van der Waals surface area contributed by atoms with Crippen molar-refractivity contribution in [3.8, 4) is 0 Å². The lowest BCUT2D eigenvalue weighted by Gasteiger charge is -2.25. The lowest BCUT2D eigenvalue weighted by atomic mass is 10.0. The molecule has 1 aliphatic heterocycles. The smallest absolute Gasteiger partial charge is 0.199 e. The molecular formula is C19H22FN3. The average Bonchev–Trinajstić information content (AvgIpc) is 2.92. The van der Waals surface area contributed by atoms with Crippen LogP contribution in [0.4, 0.5) is 10.1 Å². The Labute approximate surface area is 136 Å². The van der Waals surface area contributed by atoms with E-state index in [2.05, 4.69) is 36.2 Å². The first-order valence-electron chi connectivity index (χ1n) is 8.03. The molecule has 1 N–H and O–H groups in total. The van der Waals surface area contributed by atoms with Crippen LogP contribution in [-0.4, -0.2) is 18.5 Å². The molecule has 2 aromatic rings. The molecule has 0 amide bonds. The lowest BCUT2D eigenvalue weighted by molar-refractivity contribution is 0.538. The van der Waals surface area contributed by atoms with Crippen LogP contribution in [0.2, 0.25) is 0 Å². The summed E-state index contributed by atoms with van der Waals surface area (Å²) in [6.07, 6.45) is 0. The molecule has 0 aromatic heterocycles. The molecule has 0 radical (unpaired) electrons. The molecule has 2 unspecified atom stereocenters. The fourth-order valence-electron chi connectivity index (χ4n) is 3.07. The minimum Gasteiger partial charge on any atom is -0.351 e. The number of hydrogen-bond donors (Lipinski definition) is 1. The SMILES string of the molecule is CCN(C1=NC(c2ccccc2F)C(C)N1)c1ccccc1C. The molecule has 1 aliphatic rings. The Balaban J connectivity index is 1.95. The first-order valence-corrected chi connectivity index (χ1v) is 8.03. The van der Waals surface area contributed by atoms with E-state index in [0.29, 0.717) is 5.56 Å². The average molecular weight is 311 g/mol. The van der Waals surface area contributed by atoms with Crippen LogP contribution in [0.3, 0.4) is 0 Å². The number of halogens is 1. The Kier molecular flexibility index (Phi) is 4.33. The topological polar surface area (TPSA) is 27.6 Å². The van der Waals surface area contributed by atoms with E-state index in [-0.39, 0.29) is 17.9 Å². The van der Waals surface area contributed by atoms with Gasteiger partial charge in [-0.15, -0.1) is 0 Å². The van der Waals surface area contributed by atoms with Gasteiger partial charge in [0.05, 0.1) is 6.04 Å². The predicted octanol–water partition coefficient (Wildman–Crippen LogP) is 4.05. The first-order chi connectivity index (χ1) is 11.1. The molecule has 1 heterocycles. The van der Waals surface area contributed by atoms with Gasteiger partial charge in [0, 0.05) is 17.8 Å². The monoisotopic (exact) mass is 311 g/mol. The molecule has 0 bridgehead atoms. The van der Waals surface area contributed by atoms with Crippen molar-refractivity contribution in [2.45, 2.75) is 32.9 Å². The van der Waals surface area contributed by atoms with Crippen LogP contribution in [0.25, 0.3) is 0 Å². The molecule has 23 heavy (non-hydrogen) atoms. The number of nitrogens with zero attached hydrogens (tertiary/aromatic N) is 2. The number of aryl methyl sites for hydroxylation is 1.